The Balaban J connectivity index is 1.70. The van der Waals surface area contributed by atoms with Gasteiger partial charge in [0.1, 0.15) is 0 Å². The van der Waals surface area contributed by atoms with Crippen molar-refractivity contribution in [3.8, 4) is 0 Å². The number of hydrogen-bond acceptors (Lipinski definition) is 4. The van der Waals surface area contributed by atoms with Crippen LogP contribution in [-0.4, -0.2) is 37.1 Å². The summed E-state index contributed by atoms with van der Waals surface area (Å²) in [5.74, 6) is -0.142. The standard InChI is InChI=1S/C18H20N4O/c23-18(8-7-15-4-3-9-20-14-15)21-16-5-1-2-6-17(16)22-12-10-19-11-13-22/h1-9,14,19H,10-13H2,(H,21,23)/b8-7+. The smallest absolute Gasteiger partial charge is 0.248 e. The molecule has 1 saturated heterocycles. The van der Waals surface area contributed by atoms with E-state index in [1.807, 2.05) is 36.4 Å². The summed E-state index contributed by atoms with van der Waals surface area (Å²) < 4.78 is 0. The maximum Gasteiger partial charge on any atom is 0.248 e. The molecule has 2 aromatic rings. The summed E-state index contributed by atoms with van der Waals surface area (Å²) in [7, 11) is 0. The lowest BCUT2D eigenvalue weighted by molar-refractivity contribution is -0.111. The lowest BCUT2D eigenvalue weighted by Gasteiger charge is -2.31. The highest BCUT2D eigenvalue weighted by molar-refractivity contribution is 6.03. The van der Waals surface area contributed by atoms with Gasteiger partial charge in [0, 0.05) is 44.6 Å². The number of nitrogens with zero attached hydrogens (tertiary/aromatic N) is 2. The SMILES string of the molecule is O=C(/C=C/c1cccnc1)Nc1ccccc1N1CCNCC1. The molecule has 1 fully saturated rings. The highest BCUT2D eigenvalue weighted by Gasteiger charge is 2.14. The van der Waals surface area contributed by atoms with Crippen LogP contribution >= 0.6 is 0 Å². The summed E-state index contributed by atoms with van der Waals surface area (Å²) in [4.78, 5) is 18.5. The summed E-state index contributed by atoms with van der Waals surface area (Å²) in [6.45, 7) is 3.81. The Morgan fingerprint density at radius 2 is 2.00 bits per heavy atom. The van der Waals surface area contributed by atoms with E-state index in [-0.39, 0.29) is 5.91 Å². The molecule has 0 spiro atoms. The molecule has 0 atom stereocenters. The number of aromatic nitrogens is 1. The highest BCUT2D eigenvalue weighted by Crippen LogP contribution is 2.25. The fourth-order valence-electron chi connectivity index (χ4n) is 2.58. The molecule has 0 saturated carbocycles. The number of rotatable bonds is 4. The van der Waals surface area contributed by atoms with E-state index in [0.717, 1.165) is 43.1 Å². The zero-order valence-electron chi connectivity index (χ0n) is 12.9. The Morgan fingerprint density at radius 1 is 1.17 bits per heavy atom. The molecule has 3 rings (SSSR count). The molecular weight excluding hydrogens is 288 g/mol. The van der Waals surface area contributed by atoms with Gasteiger partial charge in [-0.25, -0.2) is 0 Å². The molecule has 0 unspecified atom stereocenters. The van der Waals surface area contributed by atoms with Crippen LogP contribution in [0.1, 0.15) is 5.56 Å². The topological polar surface area (TPSA) is 57.3 Å². The van der Waals surface area contributed by atoms with Gasteiger partial charge < -0.3 is 15.5 Å². The second kappa shape index (κ2) is 7.56. The Kier molecular flexibility index (Phi) is 5.01. The average molecular weight is 308 g/mol. The number of anilines is 2. The average Bonchev–Trinajstić information content (AvgIpc) is 2.62. The predicted octanol–water partition coefficient (Wildman–Crippen LogP) is 2.14. The Bertz CT molecular complexity index is 678. The van der Waals surface area contributed by atoms with Gasteiger partial charge in [0.2, 0.25) is 5.91 Å². The minimum atomic E-state index is -0.142. The van der Waals surface area contributed by atoms with Crippen LogP contribution in [0.25, 0.3) is 6.08 Å². The number of amides is 1. The molecule has 1 aromatic heterocycles. The molecule has 1 aliphatic heterocycles. The van der Waals surface area contributed by atoms with Crippen molar-refractivity contribution in [1.29, 1.82) is 0 Å². The van der Waals surface area contributed by atoms with Crippen LogP contribution in [0.5, 0.6) is 0 Å². The van der Waals surface area contributed by atoms with Crippen molar-refractivity contribution < 1.29 is 4.79 Å². The molecule has 1 amide bonds. The molecule has 2 N–H and O–H groups in total. The number of carbonyl (C=O) groups excluding carboxylic acids is 1. The Morgan fingerprint density at radius 3 is 2.78 bits per heavy atom. The van der Waals surface area contributed by atoms with Gasteiger partial charge in [0.15, 0.2) is 0 Å². The third kappa shape index (κ3) is 4.17. The summed E-state index contributed by atoms with van der Waals surface area (Å²) in [5.41, 5.74) is 2.81. The molecule has 1 aliphatic rings. The quantitative estimate of drug-likeness (QED) is 0.850. The van der Waals surface area contributed by atoms with Gasteiger partial charge in [0.05, 0.1) is 11.4 Å². The molecule has 0 radical (unpaired) electrons. The van der Waals surface area contributed by atoms with E-state index in [1.165, 1.54) is 6.08 Å². The van der Waals surface area contributed by atoms with E-state index in [4.69, 9.17) is 0 Å². The van der Waals surface area contributed by atoms with Crippen LogP contribution in [-0.2, 0) is 4.79 Å². The van der Waals surface area contributed by atoms with Crippen molar-refractivity contribution >= 4 is 23.4 Å². The lowest BCUT2D eigenvalue weighted by Crippen LogP contribution is -2.43. The monoisotopic (exact) mass is 308 g/mol. The van der Waals surface area contributed by atoms with Crippen LogP contribution < -0.4 is 15.5 Å². The molecule has 0 bridgehead atoms. The predicted molar refractivity (Wildman–Crippen MR) is 93.4 cm³/mol. The summed E-state index contributed by atoms with van der Waals surface area (Å²) in [6.07, 6.45) is 6.72. The molecule has 5 nitrogen and oxygen atoms in total. The Hall–Kier alpha value is -2.66. The van der Waals surface area contributed by atoms with Gasteiger partial charge in [-0.2, -0.15) is 0 Å². The zero-order valence-corrected chi connectivity index (χ0v) is 12.9. The molecule has 23 heavy (non-hydrogen) atoms. The molecule has 118 valence electrons. The lowest BCUT2D eigenvalue weighted by atomic mass is 10.2. The van der Waals surface area contributed by atoms with E-state index in [1.54, 1.807) is 18.5 Å². The van der Waals surface area contributed by atoms with Crippen molar-refractivity contribution in [3.63, 3.8) is 0 Å². The minimum Gasteiger partial charge on any atom is -0.367 e. The third-order valence-electron chi connectivity index (χ3n) is 3.73. The van der Waals surface area contributed by atoms with Gasteiger partial charge >= 0.3 is 0 Å². The first kappa shape index (κ1) is 15.2. The first-order chi connectivity index (χ1) is 11.3. The van der Waals surface area contributed by atoms with Crippen LogP contribution in [0.2, 0.25) is 0 Å². The number of benzene rings is 1. The molecule has 1 aromatic carbocycles. The number of hydrogen-bond donors (Lipinski definition) is 2. The van der Waals surface area contributed by atoms with Gasteiger partial charge in [-0.1, -0.05) is 18.2 Å². The van der Waals surface area contributed by atoms with Crippen LogP contribution in [0.3, 0.4) is 0 Å². The first-order valence-electron chi connectivity index (χ1n) is 7.77. The van der Waals surface area contributed by atoms with Crippen molar-refractivity contribution in [2.24, 2.45) is 0 Å². The second-order valence-electron chi connectivity index (χ2n) is 5.36. The maximum absolute atomic E-state index is 12.2. The largest absolute Gasteiger partial charge is 0.367 e. The van der Waals surface area contributed by atoms with Crippen molar-refractivity contribution in [2.45, 2.75) is 0 Å². The van der Waals surface area contributed by atoms with Gasteiger partial charge in [-0.3, -0.25) is 9.78 Å². The number of carbonyl (C=O) groups is 1. The molecule has 0 aliphatic carbocycles. The summed E-state index contributed by atoms with van der Waals surface area (Å²) in [5, 5.41) is 6.31. The van der Waals surface area contributed by atoms with E-state index in [2.05, 4.69) is 20.5 Å². The van der Waals surface area contributed by atoms with E-state index in [9.17, 15) is 4.79 Å². The van der Waals surface area contributed by atoms with E-state index < -0.39 is 0 Å². The minimum absolute atomic E-state index is 0.142. The Labute approximate surface area is 136 Å². The number of para-hydroxylation sites is 2. The maximum atomic E-state index is 12.2. The fraction of sp³-hybridized carbons (Fsp3) is 0.222. The fourth-order valence-corrected chi connectivity index (χ4v) is 2.58. The van der Waals surface area contributed by atoms with E-state index in [0.29, 0.717) is 0 Å². The zero-order chi connectivity index (χ0) is 15.9. The van der Waals surface area contributed by atoms with Gasteiger partial charge in [-0.05, 0) is 29.8 Å². The number of piperazine rings is 1. The van der Waals surface area contributed by atoms with E-state index >= 15 is 0 Å². The van der Waals surface area contributed by atoms with Crippen LogP contribution in [0.15, 0.2) is 54.9 Å². The normalized spacial score (nSPS) is 14.9. The van der Waals surface area contributed by atoms with Gasteiger partial charge in [0.25, 0.3) is 0 Å². The van der Waals surface area contributed by atoms with Crippen LogP contribution in [0.4, 0.5) is 11.4 Å². The van der Waals surface area contributed by atoms with Crippen molar-refractivity contribution in [1.82, 2.24) is 10.3 Å². The molecule has 2 heterocycles. The number of pyridine rings is 1. The third-order valence-corrected chi connectivity index (χ3v) is 3.73. The first-order valence-corrected chi connectivity index (χ1v) is 7.77. The molecule has 5 heteroatoms. The second-order valence-corrected chi connectivity index (χ2v) is 5.36. The highest BCUT2D eigenvalue weighted by atomic mass is 16.1. The number of nitrogens with one attached hydrogen (secondary N) is 2. The van der Waals surface area contributed by atoms with Gasteiger partial charge in [-0.15, -0.1) is 0 Å². The van der Waals surface area contributed by atoms with Crippen LogP contribution in [0, 0.1) is 0 Å². The van der Waals surface area contributed by atoms with Crippen molar-refractivity contribution in [3.05, 3.63) is 60.4 Å². The molecular formula is C18H20N4O. The summed E-state index contributed by atoms with van der Waals surface area (Å²) >= 11 is 0. The van der Waals surface area contributed by atoms with Crippen molar-refractivity contribution in [2.75, 3.05) is 36.4 Å². The summed E-state index contributed by atoms with van der Waals surface area (Å²) in [6, 6.07) is 11.7.